The van der Waals surface area contributed by atoms with Crippen LogP contribution in [0, 0.1) is 0 Å². The SMILES string of the molecule is O=C(O)N[C@H]1Cc2cc(Cl)cc(Cl)c2[C@H]1NC(=O)O. The topological polar surface area (TPSA) is 98.7 Å². The van der Waals surface area contributed by atoms with Crippen LogP contribution >= 0.6 is 23.2 Å². The maximum atomic E-state index is 10.8. The molecule has 0 aromatic heterocycles. The lowest BCUT2D eigenvalue weighted by atomic mass is 10.1. The first kappa shape index (κ1) is 13.8. The van der Waals surface area contributed by atoms with E-state index in [-0.39, 0.29) is 0 Å². The first-order valence-electron chi connectivity index (χ1n) is 5.35. The van der Waals surface area contributed by atoms with Crippen LogP contribution in [0.2, 0.25) is 10.0 Å². The van der Waals surface area contributed by atoms with Crippen LogP contribution in [0.4, 0.5) is 9.59 Å². The van der Waals surface area contributed by atoms with Crippen LogP contribution in [0.1, 0.15) is 17.2 Å². The Labute approximate surface area is 118 Å². The van der Waals surface area contributed by atoms with Crippen LogP contribution in [0.15, 0.2) is 12.1 Å². The lowest BCUT2D eigenvalue weighted by Crippen LogP contribution is -2.43. The minimum absolute atomic E-state index is 0.316. The fourth-order valence-electron chi connectivity index (χ4n) is 2.31. The van der Waals surface area contributed by atoms with Crippen LogP contribution in [0.25, 0.3) is 0 Å². The molecular formula is C11H10Cl2N2O4. The van der Waals surface area contributed by atoms with Gasteiger partial charge in [-0.3, -0.25) is 0 Å². The number of hydrogen-bond donors (Lipinski definition) is 4. The van der Waals surface area contributed by atoms with E-state index < -0.39 is 24.3 Å². The molecule has 1 aliphatic carbocycles. The number of halogens is 2. The minimum Gasteiger partial charge on any atom is -0.465 e. The standard InChI is InChI=1S/C11H10Cl2N2O4/c12-5-1-4-2-7(14-10(16)17)9(15-11(18)19)8(4)6(13)3-5/h1,3,7,9,14-15H,2H2,(H,16,17)(H,18,19)/t7-,9-/m0/s1. The van der Waals surface area contributed by atoms with E-state index in [2.05, 4.69) is 10.6 Å². The van der Waals surface area contributed by atoms with E-state index in [4.69, 9.17) is 33.4 Å². The highest BCUT2D eigenvalue weighted by atomic mass is 35.5. The summed E-state index contributed by atoms with van der Waals surface area (Å²) < 4.78 is 0. The van der Waals surface area contributed by atoms with Crippen LogP contribution in [-0.2, 0) is 6.42 Å². The molecule has 19 heavy (non-hydrogen) atoms. The van der Waals surface area contributed by atoms with Crippen molar-refractivity contribution in [2.75, 3.05) is 0 Å². The average molecular weight is 305 g/mol. The Balaban J connectivity index is 2.40. The number of hydrogen-bond acceptors (Lipinski definition) is 2. The van der Waals surface area contributed by atoms with Crippen molar-refractivity contribution in [2.24, 2.45) is 0 Å². The summed E-state index contributed by atoms with van der Waals surface area (Å²) in [6, 6.07) is 1.82. The van der Waals surface area contributed by atoms with Gasteiger partial charge in [-0.05, 0) is 29.7 Å². The first-order chi connectivity index (χ1) is 8.88. The Hall–Kier alpha value is -1.66. The second kappa shape index (κ2) is 5.14. The van der Waals surface area contributed by atoms with Crippen LogP contribution in [0.3, 0.4) is 0 Å². The molecule has 6 nitrogen and oxygen atoms in total. The largest absolute Gasteiger partial charge is 0.465 e. The summed E-state index contributed by atoms with van der Waals surface area (Å²) in [6.45, 7) is 0. The Morgan fingerprint density at radius 1 is 1.16 bits per heavy atom. The number of rotatable bonds is 2. The quantitative estimate of drug-likeness (QED) is 0.674. The molecule has 0 heterocycles. The van der Waals surface area contributed by atoms with Gasteiger partial charge >= 0.3 is 12.2 Å². The van der Waals surface area contributed by atoms with Crippen LogP contribution in [0.5, 0.6) is 0 Å². The Morgan fingerprint density at radius 3 is 2.37 bits per heavy atom. The molecule has 0 spiro atoms. The number of nitrogens with one attached hydrogen (secondary N) is 2. The van der Waals surface area contributed by atoms with Gasteiger partial charge in [0.2, 0.25) is 0 Å². The Morgan fingerprint density at radius 2 is 1.79 bits per heavy atom. The van der Waals surface area contributed by atoms with E-state index in [0.29, 0.717) is 22.0 Å². The van der Waals surface area contributed by atoms with Crippen molar-refractivity contribution in [2.45, 2.75) is 18.5 Å². The van der Waals surface area contributed by atoms with Crippen molar-refractivity contribution in [1.82, 2.24) is 10.6 Å². The second-order valence-corrected chi connectivity index (χ2v) is 4.99. The number of benzene rings is 1. The van der Waals surface area contributed by atoms with Gasteiger partial charge < -0.3 is 20.8 Å². The third kappa shape index (κ3) is 2.85. The zero-order valence-corrected chi connectivity index (χ0v) is 11.0. The van der Waals surface area contributed by atoms with E-state index in [0.717, 1.165) is 5.56 Å². The molecule has 0 fully saturated rings. The van der Waals surface area contributed by atoms with Gasteiger partial charge in [-0.1, -0.05) is 23.2 Å². The fraction of sp³-hybridized carbons (Fsp3) is 0.273. The molecule has 0 radical (unpaired) electrons. The van der Waals surface area contributed by atoms with Gasteiger partial charge in [0.1, 0.15) is 0 Å². The van der Waals surface area contributed by atoms with E-state index in [1.54, 1.807) is 6.07 Å². The van der Waals surface area contributed by atoms with Crippen molar-refractivity contribution < 1.29 is 19.8 Å². The predicted molar refractivity (Wildman–Crippen MR) is 69.0 cm³/mol. The van der Waals surface area contributed by atoms with Gasteiger partial charge in [0.05, 0.1) is 12.1 Å². The maximum absolute atomic E-state index is 10.8. The minimum atomic E-state index is -1.25. The molecule has 4 N–H and O–H groups in total. The summed E-state index contributed by atoms with van der Waals surface area (Å²) >= 11 is 11.9. The smallest absolute Gasteiger partial charge is 0.405 e. The van der Waals surface area contributed by atoms with Crippen LogP contribution < -0.4 is 10.6 Å². The van der Waals surface area contributed by atoms with E-state index in [9.17, 15) is 9.59 Å². The Bertz CT molecular complexity index is 550. The molecule has 2 amide bonds. The number of carboxylic acid groups (broad SMARTS) is 2. The van der Waals surface area contributed by atoms with Gasteiger partial charge in [-0.25, -0.2) is 9.59 Å². The lowest BCUT2D eigenvalue weighted by molar-refractivity contribution is 0.177. The Kier molecular flexibility index (Phi) is 3.73. The van der Waals surface area contributed by atoms with Crippen LogP contribution in [-0.4, -0.2) is 28.4 Å². The molecule has 8 heteroatoms. The summed E-state index contributed by atoms with van der Waals surface area (Å²) in [5.74, 6) is 0. The monoisotopic (exact) mass is 304 g/mol. The van der Waals surface area contributed by atoms with Gasteiger partial charge in [0, 0.05) is 10.0 Å². The van der Waals surface area contributed by atoms with Crippen molar-refractivity contribution >= 4 is 35.4 Å². The predicted octanol–water partition coefficient (Wildman–Crippen LogP) is 2.49. The summed E-state index contributed by atoms with van der Waals surface area (Å²) in [5.41, 5.74) is 1.29. The molecule has 0 aliphatic heterocycles. The molecule has 0 bridgehead atoms. The zero-order valence-electron chi connectivity index (χ0n) is 9.48. The molecule has 0 saturated carbocycles. The van der Waals surface area contributed by atoms with Crippen molar-refractivity contribution in [3.05, 3.63) is 33.3 Å². The number of amides is 2. The third-order valence-electron chi connectivity index (χ3n) is 2.92. The maximum Gasteiger partial charge on any atom is 0.405 e. The molecule has 102 valence electrons. The number of carbonyl (C=O) groups is 2. The number of fused-ring (bicyclic) bond motifs is 1. The second-order valence-electron chi connectivity index (χ2n) is 4.15. The van der Waals surface area contributed by atoms with Gasteiger partial charge in [0.25, 0.3) is 0 Å². The van der Waals surface area contributed by atoms with Crippen molar-refractivity contribution in [3.63, 3.8) is 0 Å². The molecule has 1 aromatic rings. The van der Waals surface area contributed by atoms with Gasteiger partial charge in [-0.15, -0.1) is 0 Å². The third-order valence-corrected chi connectivity index (χ3v) is 3.45. The van der Waals surface area contributed by atoms with E-state index in [1.807, 2.05) is 0 Å². The molecule has 2 rings (SSSR count). The molecule has 2 atom stereocenters. The summed E-state index contributed by atoms with van der Waals surface area (Å²) in [4.78, 5) is 21.6. The molecule has 0 unspecified atom stereocenters. The zero-order chi connectivity index (χ0) is 14.2. The highest BCUT2D eigenvalue weighted by Crippen LogP contribution is 2.38. The normalized spacial score (nSPS) is 20.7. The van der Waals surface area contributed by atoms with Gasteiger partial charge in [0.15, 0.2) is 0 Å². The first-order valence-corrected chi connectivity index (χ1v) is 6.11. The summed E-state index contributed by atoms with van der Waals surface area (Å²) in [5, 5.41) is 22.9. The molecule has 0 saturated heterocycles. The summed E-state index contributed by atoms with van der Waals surface area (Å²) in [6.07, 6.45) is -2.15. The average Bonchev–Trinajstić information content (AvgIpc) is 2.54. The van der Waals surface area contributed by atoms with Crippen molar-refractivity contribution in [3.8, 4) is 0 Å². The van der Waals surface area contributed by atoms with Gasteiger partial charge in [-0.2, -0.15) is 0 Å². The fourth-order valence-corrected chi connectivity index (χ4v) is 2.96. The lowest BCUT2D eigenvalue weighted by Gasteiger charge is -2.20. The molecule has 1 aliphatic rings. The van der Waals surface area contributed by atoms with E-state index in [1.165, 1.54) is 6.07 Å². The molecule has 1 aromatic carbocycles. The van der Waals surface area contributed by atoms with Crippen molar-refractivity contribution in [1.29, 1.82) is 0 Å². The van der Waals surface area contributed by atoms with E-state index >= 15 is 0 Å². The molecular weight excluding hydrogens is 295 g/mol. The summed E-state index contributed by atoms with van der Waals surface area (Å²) in [7, 11) is 0. The highest BCUT2D eigenvalue weighted by Gasteiger charge is 2.36. The highest BCUT2D eigenvalue weighted by molar-refractivity contribution is 6.35.